The van der Waals surface area contributed by atoms with Crippen LogP contribution < -0.4 is 0 Å². The van der Waals surface area contributed by atoms with Gasteiger partial charge in [-0.1, -0.05) is 6.07 Å². The molecule has 17 heavy (non-hydrogen) atoms. The van der Waals surface area contributed by atoms with Crippen molar-refractivity contribution in [1.29, 1.82) is 5.26 Å². The van der Waals surface area contributed by atoms with Crippen molar-refractivity contribution >= 4 is 5.69 Å². The number of aliphatic hydroxyl groups is 1. The van der Waals surface area contributed by atoms with Crippen LogP contribution in [0.25, 0.3) is 0 Å². The standard InChI is InChI=1S/C12H12N2O3/c13-7-10-5-8(1-4-11(10)14(16)17)6-12(15)9-2-3-9/h1,4-5,9,12,15H,2-3,6H2. The Morgan fingerprint density at radius 1 is 1.59 bits per heavy atom. The fourth-order valence-electron chi connectivity index (χ4n) is 1.85. The van der Waals surface area contributed by atoms with E-state index in [1.807, 2.05) is 6.07 Å². The van der Waals surface area contributed by atoms with Gasteiger partial charge in [-0.3, -0.25) is 10.1 Å². The average molecular weight is 232 g/mol. The van der Waals surface area contributed by atoms with E-state index in [2.05, 4.69) is 0 Å². The Balaban J connectivity index is 2.19. The van der Waals surface area contributed by atoms with Gasteiger partial charge in [-0.2, -0.15) is 5.26 Å². The molecule has 1 atom stereocenters. The second kappa shape index (κ2) is 4.52. The number of nitro groups is 1. The number of nitriles is 1. The molecule has 1 aromatic rings. The molecule has 1 N–H and O–H groups in total. The fourth-order valence-corrected chi connectivity index (χ4v) is 1.85. The van der Waals surface area contributed by atoms with E-state index in [1.165, 1.54) is 12.1 Å². The van der Waals surface area contributed by atoms with Crippen LogP contribution in [-0.4, -0.2) is 16.1 Å². The summed E-state index contributed by atoms with van der Waals surface area (Å²) in [5.41, 5.74) is 0.638. The fraction of sp³-hybridized carbons (Fsp3) is 0.417. The molecule has 2 rings (SSSR count). The minimum atomic E-state index is -0.570. The summed E-state index contributed by atoms with van der Waals surface area (Å²) >= 11 is 0. The zero-order valence-corrected chi connectivity index (χ0v) is 9.17. The van der Waals surface area contributed by atoms with Crippen LogP contribution in [-0.2, 0) is 6.42 Å². The van der Waals surface area contributed by atoms with Gasteiger partial charge in [0.15, 0.2) is 0 Å². The van der Waals surface area contributed by atoms with Gasteiger partial charge in [-0.15, -0.1) is 0 Å². The van der Waals surface area contributed by atoms with Crippen LogP contribution in [0.1, 0.15) is 24.0 Å². The first-order chi connectivity index (χ1) is 8.11. The van der Waals surface area contributed by atoms with Crippen LogP contribution in [0.2, 0.25) is 0 Å². The Hall–Kier alpha value is -1.93. The molecule has 0 heterocycles. The molecule has 0 amide bonds. The average Bonchev–Trinajstić information content (AvgIpc) is 3.12. The Labute approximate surface area is 98.5 Å². The van der Waals surface area contributed by atoms with Crippen molar-refractivity contribution in [1.82, 2.24) is 0 Å². The molecule has 0 radical (unpaired) electrons. The number of hydrogen-bond acceptors (Lipinski definition) is 4. The van der Waals surface area contributed by atoms with Gasteiger partial charge < -0.3 is 5.11 Å². The third kappa shape index (κ3) is 2.60. The largest absolute Gasteiger partial charge is 0.392 e. The van der Waals surface area contributed by atoms with Gasteiger partial charge in [0.25, 0.3) is 5.69 Å². The molecule has 5 nitrogen and oxygen atoms in total. The summed E-state index contributed by atoms with van der Waals surface area (Å²) in [4.78, 5) is 10.1. The zero-order valence-electron chi connectivity index (χ0n) is 9.17. The quantitative estimate of drug-likeness (QED) is 0.633. The summed E-state index contributed by atoms with van der Waals surface area (Å²) in [6.45, 7) is 0. The highest BCUT2D eigenvalue weighted by Gasteiger charge is 2.29. The van der Waals surface area contributed by atoms with Gasteiger partial charge >= 0.3 is 0 Å². The summed E-state index contributed by atoms with van der Waals surface area (Å²) in [5.74, 6) is 0.357. The molecule has 0 bridgehead atoms. The second-order valence-corrected chi connectivity index (χ2v) is 4.33. The summed E-state index contributed by atoms with van der Waals surface area (Å²) in [7, 11) is 0. The summed E-state index contributed by atoms with van der Waals surface area (Å²) < 4.78 is 0. The van der Waals surface area contributed by atoms with Gasteiger partial charge in [-0.25, -0.2) is 0 Å². The highest BCUT2D eigenvalue weighted by atomic mass is 16.6. The molecule has 0 aliphatic heterocycles. The SMILES string of the molecule is N#Cc1cc(CC(O)C2CC2)ccc1[N+](=O)[O-]. The number of hydrogen-bond donors (Lipinski definition) is 1. The minimum Gasteiger partial charge on any atom is -0.392 e. The van der Waals surface area contributed by atoms with Gasteiger partial charge in [-0.05, 0) is 36.8 Å². The number of nitro benzene ring substituents is 1. The number of aliphatic hydroxyl groups excluding tert-OH is 1. The van der Waals surface area contributed by atoms with E-state index in [9.17, 15) is 15.2 Å². The van der Waals surface area contributed by atoms with E-state index < -0.39 is 11.0 Å². The smallest absolute Gasteiger partial charge is 0.287 e. The zero-order chi connectivity index (χ0) is 12.4. The number of rotatable bonds is 4. The van der Waals surface area contributed by atoms with Crippen molar-refractivity contribution in [2.45, 2.75) is 25.4 Å². The monoisotopic (exact) mass is 232 g/mol. The molecule has 88 valence electrons. The minimum absolute atomic E-state index is 0.0514. The lowest BCUT2D eigenvalue weighted by Crippen LogP contribution is -2.12. The van der Waals surface area contributed by atoms with Crippen molar-refractivity contribution < 1.29 is 10.0 Å². The Kier molecular flexibility index (Phi) is 3.07. The number of benzene rings is 1. The second-order valence-electron chi connectivity index (χ2n) is 4.33. The molecule has 5 heteroatoms. The van der Waals surface area contributed by atoms with E-state index in [0.717, 1.165) is 18.4 Å². The van der Waals surface area contributed by atoms with E-state index in [-0.39, 0.29) is 11.3 Å². The van der Waals surface area contributed by atoms with Gasteiger partial charge in [0.05, 0.1) is 11.0 Å². The lowest BCUT2D eigenvalue weighted by molar-refractivity contribution is -0.385. The van der Waals surface area contributed by atoms with Crippen LogP contribution in [0.5, 0.6) is 0 Å². The van der Waals surface area contributed by atoms with Crippen molar-refractivity contribution in [3.05, 3.63) is 39.4 Å². The maximum Gasteiger partial charge on any atom is 0.287 e. The highest BCUT2D eigenvalue weighted by Crippen LogP contribution is 2.34. The topological polar surface area (TPSA) is 87.2 Å². The van der Waals surface area contributed by atoms with Crippen LogP contribution in [0.4, 0.5) is 5.69 Å². The van der Waals surface area contributed by atoms with Crippen LogP contribution in [0, 0.1) is 27.4 Å². The predicted molar refractivity (Wildman–Crippen MR) is 60.2 cm³/mol. The summed E-state index contributed by atoms with van der Waals surface area (Å²) in [6.07, 6.45) is 2.14. The predicted octanol–water partition coefficient (Wildman–Crippen LogP) is 1.78. The Morgan fingerprint density at radius 3 is 2.82 bits per heavy atom. The lowest BCUT2D eigenvalue weighted by atomic mass is 10.0. The van der Waals surface area contributed by atoms with E-state index in [4.69, 9.17) is 5.26 Å². The van der Waals surface area contributed by atoms with Crippen LogP contribution in [0.15, 0.2) is 18.2 Å². The van der Waals surface area contributed by atoms with Crippen molar-refractivity contribution in [2.24, 2.45) is 5.92 Å². The maximum absolute atomic E-state index is 10.6. The molecule has 1 unspecified atom stereocenters. The normalized spacial score (nSPS) is 16.2. The van der Waals surface area contributed by atoms with Gasteiger partial charge in [0.1, 0.15) is 11.6 Å². The van der Waals surface area contributed by atoms with Crippen molar-refractivity contribution in [3.63, 3.8) is 0 Å². The first-order valence-corrected chi connectivity index (χ1v) is 5.47. The maximum atomic E-state index is 10.6. The Morgan fingerprint density at radius 2 is 2.29 bits per heavy atom. The molecular weight excluding hydrogens is 220 g/mol. The van der Waals surface area contributed by atoms with Gasteiger partial charge in [0, 0.05) is 6.07 Å². The molecule has 1 saturated carbocycles. The van der Waals surface area contributed by atoms with E-state index in [1.54, 1.807) is 6.07 Å². The van der Waals surface area contributed by atoms with E-state index in [0.29, 0.717) is 12.3 Å². The lowest BCUT2D eigenvalue weighted by Gasteiger charge is -2.08. The van der Waals surface area contributed by atoms with Crippen LogP contribution in [0.3, 0.4) is 0 Å². The molecule has 0 spiro atoms. The van der Waals surface area contributed by atoms with Gasteiger partial charge in [0.2, 0.25) is 0 Å². The summed E-state index contributed by atoms with van der Waals surface area (Å²) in [5, 5.41) is 29.2. The summed E-state index contributed by atoms with van der Waals surface area (Å²) in [6, 6.07) is 6.23. The first kappa shape index (κ1) is 11.6. The molecule has 1 aliphatic rings. The molecular formula is C12H12N2O3. The molecule has 1 aliphatic carbocycles. The third-order valence-electron chi connectivity index (χ3n) is 2.99. The first-order valence-electron chi connectivity index (χ1n) is 5.47. The van der Waals surface area contributed by atoms with Crippen molar-refractivity contribution in [3.8, 4) is 6.07 Å². The van der Waals surface area contributed by atoms with E-state index >= 15 is 0 Å². The molecule has 0 saturated heterocycles. The molecule has 1 aromatic carbocycles. The molecule has 1 fully saturated rings. The van der Waals surface area contributed by atoms with Crippen molar-refractivity contribution in [2.75, 3.05) is 0 Å². The number of nitrogens with zero attached hydrogens (tertiary/aromatic N) is 2. The molecule has 0 aromatic heterocycles. The van der Waals surface area contributed by atoms with Crippen LogP contribution >= 0.6 is 0 Å². The Bertz CT molecular complexity index is 489. The third-order valence-corrected chi connectivity index (χ3v) is 2.99. The highest BCUT2D eigenvalue weighted by molar-refractivity contribution is 5.50.